The van der Waals surface area contributed by atoms with Crippen molar-refractivity contribution in [1.82, 2.24) is 19.4 Å². The van der Waals surface area contributed by atoms with E-state index < -0.39 is 12.1 Å². The Hall–Kier alpha value is -1.34. The van der Waals surface area contributed by atoms with E-state index in [2.05, 4.69) is 14.8 Å². The molecule has 0 saturated carbocycles. The van der Waals surface area contributed by atoms with E-state index in [9.17, 15) is 13.6 Å². The first kappa shape index (κ1) is 18.5. The number of alkyl halides is 2. The lowest BCUT2D eigenvalue weighted by Crippen LogP contribution is -2.42. The van der Waals surface area contributed by atoms with Crippen LogP contribution < -0.4 is 5.56 Å². The van der Waals surface area contributed by atoms with Gasteiger partial charge in [0, 0.05) is 25.7 Å². The summed E-state index contributed by atoms with van der Waals surface area (Å²) in [6, 6.07) is 0.957. The van der Waals surface area contributed by atoms with Crippen molar-refractivity contribution in [3.8, 4) is 0 Å². The molecule has 5 nitrogen and oxygen atoms in total. The molecule has 0 spiro atoms. The summed E-state index contributed by atoms with van der Waals surface area (Å²) in [5, 5.41) is 0. The van der Waals surface area contributed by atoms with Crippen molar-refractivity contribution in [3.05, 3.63) is 28.4 Å². The standard InChI is InChI=1S/C18H28F2N4O/c19-18(20)16-12-17(25)24(14-21-16)13-15-4-8-23(9-5-15)11-10-22-6-2-1-3-7-22/h12,14-15,18H,1-11,13H2. The van der Waals surface area contributed by atoms with Gasteiger partial charge in [0.2, 0.25) is 0 Å². The summed E-state index contributed by atoms with van der Waals surface area (Å²) < 4.78 is 26.6. The third-order valence-corrected chi connectivity index (χ3v) is 5.47. The van der Waals surface area contributed by atoms with Crippen LogP contribution in [-0.2, 0) is 6.54 Å². The molecule has 2 saturated heterocycles. The molecule has 3 heterocycles. The van der Waals surface area contributed by atoms with Crippen molar-refractivity contribution in [2.75, 3.05) is 39.3 Å². The topological polar surface area (TPSA) is 41.4 Å². The third kappa shape index (κ3) is 5.31. The van der Waals surface area contributed by atoms with Crippen molar-refractivity contribution in [1.29, 1.82) is 0 Å². The predicted molar refractivity (Wildman–Crippen MR) is 92.9 cm³/mol. The molecular weight excluding hydrogens is 326 g/mol. The molecule has 7 heteroatoms. The molecule has 0 N–H and O–H groups in total. The van der Waals surface area contributed by atoms with Gasteiger partial charge < -0.3 is 9.80 Å². The van der Waals surface area contributed by atoms with Crippen LogP contribution in [-0.4, -0.2) is 58.6 Å². The van der Waals surface area contributed by atoms with Gasteiger partial charge in [0.05, 0.1) is 6.33 Å². The van der Waals surface area contributed by atoms with Gasteiger partial charge in [-0.05, 0) is 57.8 Å². The van der Waals surface area contributed by atoms with Crippen molar-refractivity contribution in [3.63, 3.8) is 0 Å². The minimum absolute atomic E-state index is 0.377. The first-order valence-corrected chi connectivity index (χ1v) is 9.41. The van der Waals surface area contributed by atoms with Gasteiger partial charge in [0.1, 0.15) is 5.69 Å². The lowest BCUT2D eigenvalue weighted by atomic mass is 9.96. The normalized spacial score (nSPS) is 21.1. The summed E-state index contributed by atoms with van der Waals surface area (Å²) in [5.74, 6) is 0.420. The zero-order chi connectivity index (χ0) is 17.6. The number of halogens is 2. The number of rotatable bonds is 6. The van der Waals surface area contributed by atoms with Gasteiger partial charge >= 0.3 is 0 Å². The van der Waals surface area contributed by atoms with Gasteiger partial charge in [0.25, 0.3) is 12.0 Å². The number of aromatic nitrogens is 2. The van der Waals surface area contributed by atoms with Crippen LogP contribution in [0.4, 0.5) is 8.78 Å². The van der Waals surface area contributed by atoms with E-state index in [1.165, 1.54) is 43.2 Å². The van der Waals surface area contributed by atoms with Crippen LogP contribution in [0.3, 0.4) is 0 Å². The van der Waals surface area contributed by atoms with Crippen LogP contribution in [0.25, 0.3) is 0 Å². The van der Waals surface area contributed by atoms with E-state index in [1.807, 2.05) is 0 Å². The fourth-order valence-electron chi connectivity index (χ4n) is 3.83. The average Bonchev–Trinajstić information content (AvgIpc) is 2.63. The summed E-state index contributed by atoms with van der Waals surface area (Å²) >= 11 is 0. The van der Waals surface area contributed by atoms with E-state index in [1.54, 1.807) is 0 Å². The summed E-state index contributed by atoms with van der Waals surface area (Å²) in [5.41, 5.74) is -0.813. The largest absolute Gasteiger partial charge is 0.302 e. The number of piperidine rings is 2. The fourth-order valence-corrected chi connectivity index (χ4v) is 3.83. The molecule has 2 aliphatic rings. The second-order valence-electron chi connectivity index (χ2n) is 7.29. The zero-order valence-electron chi connectivity index (χ0n) is 14.7. The molecule has 0 bridgehead atoms. The van der Waals surface area contributed by atoms with Crippen molar-refractivity contribution in [2.24, 2.45) is 5.92 Å². The molecule has 0 atom stereocenters. The number of nitrogens with zero attached hydrogens (tertiary/aromatic N) is 4. The minimum Gasteiger partial charge on any atom is -0.302 e. The Bertz CT molecular complexity index is 593. The van der Waals surface area contributed by atoms with Gasteiger partial charge in [0.15, 0.2) is 0 Å². The van der Waals surface area contributed by atoms with E-state index in [-0.39, 0.29) is 5.56 Å². The molecule has 1 aromatic rings. The van der Waals surface area contributed by atoms with Gasteiger partial charge in [-0.25, -0.2) is 13.8 Å². The molecule has 0 aliphatic carbocycles. The predicted octanol–water partition coefficient (Wildman–Crippen LogP) is 2.38. The molecule has 25 heavy (non-hydrogen) atoms. The Labute approximate surface area is 147 Å². The Kier molecular flexibility index (Phi) is 6.53. The third-order valence-electron chi connectivity index (χ3n) is 5.47. The highest BCUT2D eigenvalue weighted by atomic mass is 19.3. The first-order valence-electron chi connectivity index (χ1n) is 9.41. The molecule has 0 aromatic carbocycles. The quantitative estimate of drug-likeness (QED) is 0.787. The van der Waals surface area contributed by atoms with Crippen molar-refractivity contribution >= 4 is 0 Å². The molecule has 0 radical (unpaired) electrons. The molecule has 3 rings (SSSR count). The van der Waals surface area contributed by atoms with Crippen LogP contribution in [0.5, 0.6) is 0 Å². The van der Waals surface area contributed by atoms with Crippen LogP contribution in [0.2, 0.25) is 0 Å². The number of hydrogen-bond donors (Lipinski definition) is 0. The molecule has 0 amide bonds. The van der Waals surface area contributed by atoms with E-state index in [4.69, 9.17) is 0 Å². The van der Waals surface area contributed by atoms with Crippen LogP contribution in [0.15, 0.2) is 17.2 Å². The van der Waals surface area contributed by atoms with Gasteiger partial charge in [-0.1, -0.05) is 6.42 Å². The molecular formula is C18H28F2N4O. The Morgan fingerprint density at radius 1 is 1.04 bits per heavy atom. The smallest absolute Gasteiger partial charge is 0.280 e. The summed E-state index contributed by atoms with van der Waals surface area (Å²) in [6.07, 6.45) is 4.70. The van der Waals surface area contributed by atoms with E-state index in [0.717, 1.165) is 45.1 Å². The highest BCUT2D eigenvalue weighted by Gasteiger charge is 2.21. The number of likely N-dealkylation sites (tertiary alicyclic amines) is 2. The van der Waals surface area contributed by atoms with Crippen LogP contribution in [0.1, 0.15) is 44.2 Å². The van der Waals surface area contributed by atoms with Gasteiger partial charge in [-0.15, -0.1) is 0 Å². The van der Waals surface area contributed by atoms with Crippen molar-refractivity contribution < 1.29 is 8.78 Å². The van der Waals surface area contributed by atoms with E-state index >= 15 is 0 Å². The molecule has 2 aliphatic heterocycles. The summed E-state index contributed by atoms with van der Waals surface area (Å²) in [4.78, 5) is 20.7. The number of hydrogen-bond acceptors (Lipinski definition) is 4. The molecule has 2 fully saturated rings. The minimum atomic E-state index is -2.69. The van der Waals surface area contributed by atoms with Gasteiger partial charge in [-0.3, -0.25) is 9.36 Å². The Morgan fingerprint density at radius 2 is 1.68 bits per heavy atom. The lowest BCUT2D eigenvalue weighted by molar-refractivity contribution is 0.138. The second kappa shape index (κ2) is 8.85. The van der Waals surface area contributed by atoms with Crippen LogP contribution in [0, 0.1) is 5.92 Å². The molecule has 1 aromatic heterocycles. The van der Waals surface area contributed by atoms with Gasteiger partial charge in [-0.2, -0.15) is 0 Å². The SMILES string of the molecule is O=c1cc(C(F)F)ncn1CC1CCN(CCN2CCCCC2)CC1. The maximum atomic E-state index is 12.6. The lowest BCUT2D eigenvalue weighted by Gasteiger charge is -2.34. The second-order valence-corrected chi connectivity index (χ2v) is 7.29. The maximum absolute atomic E-state index is 12.6. The summed E-state index contributed by atoms with van der Waals surface area (Å²) in [6.45, 7) is 7.43. The fraction of sp³-hybridized carbons (Fsp3) is 0.778. The maximum Gasteiger partial charge on any atom is 0.280 e. The summed E-state index contributed by atoms with van der Waals surface area (Å²) in [7, 11) is 0. The molecule has 140 valence electrons. The highest BCUT2D eigenvalue weighted by Crippen LogP contribution is 2.19. The molecule has 0 unspecified atom stereocenters. The monoisotopic (exact) mass is 354 g/mol. The van der Waals surface area contributed by atoms with E-state index in [0.29, 0.717) is 12.5 Å². The van der Waals surface area contributed by atoms with Crippen LogP contribution >= 0.6 is 0 Å². The average molecular weight is 354 g/mol. The Balaban J connectivity index is 1.42. The Morgan fingerprint density at radius 3 is 2.28 bits per heavy atom. The van der Waals surface area contributed by atoms with Crippen molar-refractivity contribution in [2.45, 2.75) is 45.1 Å². The first-order chi connectivity index (χ1) is 12.1. The highest BCUT2D eigenvalue weighted by molar-refractivity contribution is 5.00. The zero-order valence-corrected chi connectivity index (χ0v) is 14.7.